The normalized spacial score (nSPS) is 28.6. The van der Waals surface area contributed by atoms with E-state index in [0.717, 1.165) is 17.2 Å². The highest BCUT2D eigenvalue weighted by molar-refractivity contribution is 5.91. The molecule has 0 spiro atoms. The molecule has 2 aliphatic rings. The lowest BCUT2D eigenvalue weighted by molar-refractivity contribution is -0.117. The van der Waals surface area contributed by atoms with Crippen LogP contribution < -0.4 is 5.32 Å². The quantitative estimate of drug-likeness (QED) is 0.806. The second-order valence-corrected chi connectivity index (χ2v) is 5.61. The smallest absolute Gasteiger partial charge is 0.224 e. The van der Waals surface area contributed by atoms with Gasteiger partial charge < -0.3 is 5.32 Å². The van der Waals surface area contributed by atoms with E-state index in [4.69, 9.17) is 0 Å². The van der Waals surface area contributed by atoms with E-state index in [9.17, 15) is 4.79 Å². The molecule has 1 fully saturated rings. The maximum atomic E-state index is 12.1. The van der Waals surface area contributed by atoms with E-state index >= 15 is 0 Å². The van der Waals surface area contributed by atoms with Crippen LogP contribution in [0.5, 0.6) is 0 Å². The molecule has 2 heteroatoms. The fourth-order valence-corrected chi connectivity index (χ4v) is 3.28. The van der Waals surface area contributed by atoms with E-state index in [-0.39, 0.29) is 5.91 Å². The van der Waals surface area contributed by atoms with Gasteiger partial charge >= 0.3 is 0 Å². The molecule has 0 aromatic heterocycles. The predicted molar refractivity (Wildman–Crippen MR) is 73.3 cm³/mol. The van der Waals surface area contributed by atoms with Crippen LogP contribution in [0.25, 0.3) is 0 Å². The van der Waals surface area contributed by atoms with Crippen molar-refractivity contribution in [1.29, 1.82) is 0 Å². The van der Waals surface area contributed by atoms with Crippen LogP contribution in [0.4, 0.5) is 5.69 Å². The number of hydrogen-bond donors (Lipinski definition) is 1. The van der Waals surface area contributed by atoms with Gasteiger partial charge in [0.2, 0.25) is 5.91 Å². The first-order valence-electron chi connectivity index (χ1n) is 6.76. The molecule has 3 atom stereocenters. The highest BCUT2D eigenvalue weighted by Crippen LogP contribution is 2.44. The van der Waals surface area contributed by atoms with Crippen molar-refractivity contribution in [2.45, 2.75) is 26.2 Å². The summed E-state index contributed by atoms with van der Waals surface area (Å²) in [4.78, 5) is 12.1. The van der Waals surface area contributed by atoms with E-state index in [0.29, 0.717) is 18.3 Å². The lowest BCUT2D eigenvalue weighted by atomic mass is 9.90. The first-order chi connectivity index (χ1) is 8.72. The number of hydrogen-bond acceptors (Lipinski definition) is 1. The Morgan fingerprint density at radius 1 is 1.28 bits per heavy atom. The molecule has 94 valence electrons. The Morgan fingerprint density at radius 2 is 2.11 bits per heavy atom. The summed E-state index contributed by atoms with van der Waals surface area (Å²) >= 11 is 0. The molecule has 3 rings (SSSR count). The molecule has 2 aliphatic carbocycles. The van der Waals surface area contributed by atoms with Gasteiger partial charge in [-0.3, -0.25) is 4.79 Å². The van der Waals surface area contributed by atoms with Crippen LogP contribution in [0.2, 0.25) is 0 Å². The van der Waals surface area contributed by atoms with Crippen molar-refractivity contribution in [3.63, 3.8) is 0 Å². The van der Waals surface area contributed by atoms with E-state index in [1.165, 1.54) is 12.8 Å². The van der Waals surface area contributed by atoms with Gasteiger partial charge in [0.25, 0.3) is 0 Å². The number of nitrogens with one attached hydrogen (secondary N) is 1. The molecule has 2 bridgehead atoms. The number of allylic oxidation sites excluding steroid dienone is 2. The molecule has 0 radical (unpaired) electrons. The zero-order valence-corrected chi connectivity index (χ0v) is 10.7. The summed E-state index contributed by atoms with van der Waals surface area (Å²) in [5, 5.41) is 3.03. The minimum atomic E-state index is 0.162. The number of rotatable bonds is 3. The van der Waals surface area contributed by atoms with Gasteiger partial charge in [0.15, 0.2) is 0 Å². The Kier molecular flexibility index (Phi) is 2.94. The first-order valence-corrected chi connectivity index (χ1v) is 6.76. The van der Waals surface area contributed by atoms with Crippen molar-refractivity contribution in [2.24, 2.45) is 17.8 Å². The zero-order valence-electron chi connectivity index (χ0n) is 10.7. The number of aryl methyl sites for hydroxylation is 1. The van der Waals surface area contributed by atoms with Crippen LogP contribution in [0, 0.1) is 24.7 Å². The molecule has 1 aromatic carbocycles. The van der Waals surface area contributed by atoms with Crippen LogP contribution in [0.15, 0.2) is 36.4 Å². The molecule has 1 aromatic rings. The first kappa shape index (κ1) is 11.5. The number of anilines is 1. The van der Waals surface area contributed by atoms with E-state index in [2.05, 4.69) is 17.5 Å². The molecule has 1 N–H and O–H groups in total. The minimum absolute atomic E-state index is 0.162. The van der Waals surface area contributed by atoms with Crippen molar-refractivity contribution in [1.82, 2.24) is 0 Å². The van der Waals surface area contributed by atoms with Gasteiger partial charge in [-0.2, -0.15) is 0 Å². The van der Waals surface area contributed by atoms with E-state index in [1.807, 2.05) is 31.2 Å². The molecule has 1 saturated carbocycles. The zero-order chi connectivity index (χ0) is 12.5. The average Bonchev–Trinajstić information content (AvgIpc) is 2.94. The number of benzene rings is 1. The van der Waals surface area contributed by atoms with Crippen LogP contribution in [0.1, 0.15) is 24.8 Å². The number of fused-ring (bicyclic) bond motifs is 2. The monoisotopic (exact) mass is 241 g/mol. The second-order valence-electron chi connectivity index (χ2n) is 5.61. The molecule has 1 amide bonds. The second kappa shape index (κ2) is 4.60. The average molecular weight is 241 g/mol. The van der Waals surface area contributed by atoms with Gasteiger partial charge in [-0.25, -0.2) is 0 Å². The van der Waals surface area contributed by atoms with Crippen molar-refractivity contribution < 1.29 is 4.79 Å². The maximum absolute atomic E-state index is 12.1. The Bertz CT molecular complexity index is 492. The molecule has 0 heterocycles. The third-order valence-electron chi connectivity index (χ3n) is 4.28. The van der Waals surface area contributed by atoms with Crippen LogP contribution in [-0.2, 0) is 4.79 Å². The van der Waals surface area contributed by atoms with E-state index in [1.54, 1.807) is 0 Å². The third kappa shape index (κ3) is 2.20. The van der Waals surface area contributed by atoms with Gasteiger partial charge in [0.05, 0.1) is 0 Å². The highest BCUT2D eigenvalue weighted by atomic mass is 16.1. The van der Waals surface area contributed by atoms with Crippen molar-refractivity contribution >= 4 is 11.6 Å². The molecule has 18 heavy (non-hydrogen) atoms. The minimum Gasteiger partial charge on any atom is -0.326 e. The lowest BCUT2D eigenvalue weighted by Gasteiger charge is -2.17. The number of carbonyl (C=O) groups excluding carboxylic acids is 1. The highest BCUT2D eigenvalue weighted by Gasteiger charge is 2.36. The molecule has 0 aliphatic heterocycles. The van der Waals surface area contributed by atoms with Gasteiger partial charge in [0.1, 0.15) is 0 Å². The summed E-state index contributed by atoms with van der Waals surface area (Å²) in [7, 11) is 0. The summed E-state index contributed by atoms with van der Waals surface area (Å²) in [6.07, 6.45) is 7.75. The number of carbonyl (C=O) groups is 1. The van der Waals surface area contributed by atoms with Crippen molar-refractivity contribution in [3.05, 3.63) is 42.0 Å². The Labute approximate surface area is 108 Å². The fourth-order valence-electron chi connectivity index (χ4n) is 3.28. The molecule has 2 nitrogen and oxygen atoms in total. The van der Waals surface area contributed by atoms with Gasteiger partial charge in [-0.05, 0) is 49.1 Å². The Hall–Kier alpha value is -1.57. The number of amides is 1. The SMILES string of the molecule is Cc1ccccc1NC(=O)CC1CC2C=CC1C2. The van der Waals surface area contributed by atoms with E-state index < -0.39 is 0 Å². The molecular weight excluding hydrogens is 222 g/mol. The molecular formula is C16H19NO. The van der Waals surface area contributed by atoms with Gasteiger partial charge in [0, 0.05) is 12.1 Å². The number of para-hydroxylation sites is 1. The summed E-state index contributed by atoms with van der Waals surface area (Å²) in [5.74, 6) is 2.11. The van der Waals surface area contributed by atoms with Crippen molar-refractivity contribution in [3.8, 4) is 0 Å². The maximum Gasteiger partial charge on any atom is 0.224 e. The largest absolute Gasteiger partial charge is 0.326 e. The molecule has 3 unspecified atom stereocenters. The predicted octanol–water partition coefficient (Wildman–Crippen LogP) is 3.54. The van der Waals surface area contributed by atoms with Crippen LogP contribution in [0.3, 0.4) is 0 Å². The summed E-state index contributed by atoms with van der Waals surface area (Å²) in [6, 6.07) is 7.94. The third-order valence-corrected chi connectivity index (χ3v) is 4.28. The Balaban J connectivity index is 1.60. The van der Waals surface area contributed by atoms with Crippen LogP contribution >= 0.6 is 0 Å². The lowest BCUT2D eigenvalue weighted by Crippen LogP contribution is -2.19. The Morgan fingerprint density at radius 3 is 2.78 bits per heavy atom. The summed E-state index contributed by atoms with van der Waals surface area (Å²) in [5.41, 5.74) is 2.07. The summed E-state index contributed by atoms with van der Waals surface area (Å²) < 4.78 is 0. The molecule has 0 saturated heterocycles. The standard InChI is InChI=1S/C16H19NO/c1-11-4-2-3-5-15(11)17-16(18)10-14-9-12-6-7-13(14)8-12/h2-7,12-14H,8-10H2,1H3,(H,17,18). The van der Waals surface area contributed by atoms with Gasteiger partial charge in [-0.1, -0.05) is 30.4 Å². The summed E-state index contributed by atoms with van der Waals surface area (Å²) in [6.45, 7) is 2.02. The fraction of sp³-hybridized carbons (Fsp3) is 0.438. The topological polar surface area (TPSA) is 29.1 Å². The van der Waals surface area contributed by atoms with Crippen LogP contribution in [-0.4, -0.2) is 5.91 Å². The van der Waals surface area contributed by atoms with Gasteiger partial charge in [-0.15, -0.1) is 0 Å². The van der Waals surface area contributed by atoms with Crippen molar-refractivity contribution in [2.75, 3.05) is 5.32 Å².